The standard InChI is InChI=1S/C6H9N3O3/c1-4(10)2-7-6(11)5-3-8-12-9-5/h3-4,10H,2H2,1H3,(H,7,11)/t4-/m0/s1. The Labute approximate surface area is 68.5 Å². The number of hydrogen-bond donors (Lipinski definition) is 2. The Morgan fingerprint density at radius 1 is 1.92 bits per heavy atom. The average molecular weight is 171 g/mol. The maximum absolute atomic E-state index is 11.0. The fraction of sp³-hybridized carbons (Fsp3) is 0.500. The molecule has 0 saturated carbocycles. The Kier molecular flexibility index (Phi) is 2.76. The first-order chi connectivity index (χ1) is 5.70. The number of nitrogens with zero attached hydrogens (tertiary/aromatic N) is 2. The molecular formula is C6H9N3O3. The lowest BCUT2D eigenvalue weighted by molar-refractivity contribution is 0.0914. The van der Waals surface area contributed by atoms with E-state index in [4.69, 9.17) is 5.11 Å². The summed E-state index contributed by atoms with van der Waals surface area (Å²) in [6, 6.07) is 0. The highest BCUT2D eigenvalue weighted by molar-refractivity contribution is 5.91. The van der Waals surface area contributed by atoms with E-state index in [-0.39, 0.29) is 12.2 Å². The molecule has 6 heteroatoms. The van der Waals surface area contributed by atoms with Gasteiger partial charge in [-0.3, -0.25) is 4.79 Å². The van der Waals surface area contributed by atoms with Gasteiger partial charge in [-0.2, -0.15) is 0 Å². The van der Waals surface area contributed by atoms with Gasteiger partial charge >= 0.3 is 0 Å². The number of nitrogens with one attached hydrogen (secondary N) is 1. The van der Waals surface area contributed by atoms with Crippen molar-refractivity contribution in [2.45, 2.75) is 13.0 Å². The predicted molar refractivity (Wildman–Crippen MR) is 38.3 cm³/mol. The van der Waals surface area contributed by atoms with E-state index >= 15 is 0 Å². The summed E-state index contributed by atoms with van der Waals surface area (Å²) in [5, 5.41) is 17.8. The first-order valence-electron chi connectivity index (χ1n) is 3.44. The van der Waals surface area contributed by atoms with Crippen molar-refractivity contribution >= 4 is 5.91 Å². The summed E-state index contributed by atoms with van der Waals surface area (Å²) in [6.45, 7) is 1.76. The number of carbonyl (C=O) groups is 1. The van der Waals surface area contributed by atoms with E-state index in [2.05, 4.69) is 20.3 Å². The summed E-state index contributed by atoms with van der Waals surface area (Å²) in [5.41, 5.74) is 0.107. The number of hydrogen-bond acceptors (Lipinski definition) is 5. The van der Waals surface area contributed by atoms with E-state index in [1.807, 2.05) is 0 Å². The van der Waals surface area contributed by atoms with Crippen LogP contribution in [0.4, 0.5) is 0 Å². The zero-order valence-electron chi connectivity index (χ0n) is 6.52. The Hall–Kier alpha value is -1.43. The summed E-state index contributed by atoms with van der Waals surface area (Å²) < 4.78 is 4.22. The molecule has 0 aliphatic carbocycles. The van der Waals surface area contributed by atoms with Gasteiger partial charge in [0.15, 0.2) is 5.69 Å². The van der Waals surface area contributed by atoms with Crippen LogP contribution < -0.4 is 5.32 Å². The Morgan fingerprint density at radius 3 is 3.17 bits per heavy atom. The second-order valence-electron chi connectivity index (χ2n) is 2.35. The number of carbonyl (C=O) groups excluding carboxylic acids is 1. The predicted octanol–water partition coefficient (Wildman–Crippen LogP) is -0.820. The maximum atomic E-state index is 11.0. The van der Waals surface area contributed by atoms with Crippen LogP contribution in [0.5, 0.6) is 0 Å². The van der Waals surface area contributed by atoms with Gasteiger partial charge in [-0.05, 0) is 12.1 Å². The third-order valence-corrected chi connectivity index (χ3v) is 1.15. The van der Waals surface area contributed by atoms with E-state index in [0.29, 0.717) is 0 Å². The lowest BCUT2D eigenvalue weighted by Crippen LogP contribution is -2.30. The van der Waals surface area contributed by atoms with Gasteiger partial charge < -0.3 is 10.4 Å². The number of aliphatic hydroxyl groups excluding tert-OH is 1. The van der Waals surface area contributed by atoms with Crippen LogP contribution in [-0.4, -0.2) is 34.0 Å². The quantitative estimate of drug-likeness (QED) is 0.620. The molecule has 1 aromatic rings. The van der Waals surface area contributed by atoms with E-state index < -0.39 is 12.0 Å². The molecule has 0 radical (unpaired) electrons. The Balaban J connectivity index is 2.40. The highest BCUT2D eigenvalue weighted by Crippen LogP contribution is 1.89. The van der Waals surface area contributed by atoms with Crippen LogP contribution in [0, 0.1) is 0 Å². The molecule has 1 heterocycles. The fourth-order valence-electron chi connectivity index (χ4n) is 0.596. The molecule has 1 atom stereocenters. The van der Waals surface area contributed by atoms with Crippen LogP contribution in [0.3, 0.4) is 0 Å². The average Bonchev–Trinajstić information content (AvgIpc) is 2.51. The highest BCUT2D eigenvalue weighted by atomic mass is 16.6. The minimum atomic E-state index is -0.575. The normalized spacial score (nSPS) is 12.5. The van der Waals surface area contributed by atoms with Crippen LogP contribution in [0.2, 0.25) is 0 Å². The lowest BCUT2D eigenvalue weighted by Gasteiger charge is -2.03. The number of amides is 1. The molecule has 0 spiro atoms. The second-order valence-corrected chi connectivity index (χ2v) is 2.35. The van der Waals surface area contributed by atoms with Crippen molar-refractivity contribution in [2.24, 2.45) is 0 Å². The molecule has 1 aromatic heterocycles. The zero-order valence-corrected chi connectivity index (χ0v) is 6.52. The van der Waals surface area contributed by atoms with Crippen LogP contribution in [-0.2, 0) is 0 Å². The molecule has 0 saturated heterocycles. The van der Waals surface area contributed by atoms with Crippen molar-refractivity contribution in [1.82, 2.24) is 15.6 Å². The fourth-order valence-corrected chi connectivity index (χ4v) is 0.596. The van der Waals surface area contributed by atoms with Crippen LogP contribution in [0.25, 0.3) is 0 Å². The first-order valence-corrected chi connectivity index (χ1v) is 3.44. The second kappa shape index (κ2) is 3.82. The summed E-state index contributed by atoms with van der Waals surface area (Å²) >= 11 is 0. The van der Waals surface area contributed by atoms with Crippen molar-refractivity contribution in [3.63, 3.8) is 0 Å². The summed E-state index contributed by atoms with van der Waals surface area (Å²) in [5.74, 6) is -0.405. The Bertz CT molecular complexity index is 245. The van der Waals surface area contributed by atoms with Gasteiger partial charge in [0.25, 0.3) is 5.91 Å². The molecule has 1 rings (SSSR count). The number of aromatic nitrogens is 2. The molecule has 1 amide bonds. The van der Waals surface area contributed by atoms with Gasteiger partial charge in [0.2, 0.25) is 0 Å². The Morgan fingerprint density at radius 2 is 2.67 bits per heavy atom. The largest absolute Gasteiger partial charge is 0.392 e. The third-order valence-electron chi connectivity index (χ3n) is 1.15. The molecular weight excluding hydrogens is 162 g/mol. The van der Waals surface area contributed by atoms with Gasteiger partial charge in [-0.1, -0.05) is 5.16 Å². The SMILES string of the molecule is C[C@H](O)CNC(=O)c1cnon1. The van der Waals surface area contributed by atoms with Gasteiger partial charge in [0, 0.05) is 6.54 Å². The van der Waals surface area contributed by atoms with Crippen molar-refractivity contribution < 1.29 is 14.5 Å². The molecule has 0 fully saturated rings. The summed E-state index contributed by atoms with van der Waals surface area (Å²) in [7, 11) is 0. The molecule has 0 aliphatic rings. The molecule has 0 unspecified atom stereocenters. The molecule has 0 bridgehead atoms. The zero-order chi connectivity index (χ0) is 8.97. The topological polar surface area (TPSA) is 88.2 Å². The first kappa shape index (κ1) is 8.66. The summed E-state index contributed by atoms with van der Waals surface area (Å²) in [4.78, 5) is 11.0. The molecule has 0 aromatic carbocycles. The lowest BCUT2D eigenvalue weighted by atomic mass is 10.4. The van der Waals surface area contributed by atoms with Crippen LogP contribution in [0.15, 0.2) is 10.8 Å². The van der Waals surface area contributed by atoms with Gasteiger partial charge in [0.05, 0.1) is 6.10 Å². The van der Waals surface area contributed by atoms with Crippen molar-refractivity contribution in [2.75, 3.05) is 6.54 Å². The van der Waals surface area contributed by atoms with E-state index in [9.17, 15) is 4.79 Å². The number of aliphatic hydroxyl groups is 1. The smallest absolute Gasteiger partial charge is 0.275 e. The minimum absolute atomic E-state index is 0.107. The third kappa shape index (κ3) is 2.31. The molecule has 12 heavy (non-hydrogen) atoms. The van der Waals surface area contributed by atoms with Gasteiger partial charge in [-0.25, -0.2) is 4.63 Å². The van der Waals surface area contributed by atoms with Crippen LogP contribution in [0.1, 0.15) is 17.4 Å². The monoisotopic (exact) mass is 171 g/mol. The molecule has 0 aliphatic heterocycles. The maximum Gasteiger partial charge on any atom is 0.275 e. The van der Waals surface area contributed by atoms with E-state index in [1.54, 1.807) is 6.92 Å². The number of rotatable bonds is 3. The van der Waals surface area contributed by atoms with Crippen molar-refractivity contribution in [3.8, 4) is 0 Å². The van der Waals surface area contributed by atoms with Crippen molar-refractivity contribution in [1.29, 1.82) is 0 Å². The molecule has 6 nitrogen and oxygen atoms in total. The molecule has 2 N–H and O–H groups in total. The van der Waals surface area contributed by atoms with Gasteiger partial charge in [0.1, 0.15) is 6.20 Å². The van der Waals surface area contributed by atoms with Crippen LogP contribution >= 0.6 is 0 Å². The van der Waals surface area contributed by atoms with Gasteiger partial charge in [-0.15, -0.1) is 0 Å². The van der Waals surface area contributed by atoms with E-state index in [0.717, 1.165) is 0 Å². The molecule has 66 valence electrons. The highest BCUT2D eigenvalue weighted by Gasteiger charge is 2.09. The van der Waals surface area contributed by atoms with E-state index in [1.165, 1.54) is 6.20 Å². The minimum Gasteiger partial charge on any atom is -0.392 e. The van der Waals surface area contributed by atoms with Crippen molar-refractivity contribution in [3.05, 3.63) is 11.9 Å². The summed E-state index contributed by atoms with van der Waals surface area (Å²) in [6.07, 6.45) is 0.631.